The molecule has 2 aliphatic heterocycles. The van der Waals surface area contributed by atoms with E-state index in [9.17, 15) is 9.59 Å². The molecule has 0 unspecified atom stereocenters. The summed E-state index contributed by atoms with van der Waals surface area (Å²) in [6, 6.07) is 21.6. The predicted molar refractivity (Wildman–Crippen MR) is 143 cm³/mol. The van der Waals surface area contributed by atoms with Crippen molar-refractivity contribution in [3.05, 3.63) is 94.7 Å². The van der Waals surface area contributed by atoms with Crippen LogP contribution in [0.1, 0.15) is 42.0 Å². The highest BCUT2D eigenvalue weighted by molar-refractivity contribution is 6.46. The zero-order valence-corrected chi connectivity index (χ0v) is 20.6. The van der Waals surface area contributed by atoms with Gasteiger partial charge < -0.3 is 10.2 Å². The van der Waals surface area contributed by atoms with Gasteiger partial charge in [0.2, 0.25) is 0 Å². The lowest BCUT2D eigenvalue weighted by atomic mass is 9.99. The van der Waals surface area contributed by atoms with Gasteiger partial charge in [0, 0.05) is 24.5 Å². The summed E-state index contributed by atoms with van der Waals surface area (Å²) in [5.74, 6) is -0.644. The van der Waals surface area contributed by atoms with Crippen molar-refractivity contribution in [1.29, 1.82) is 0 Å². The summed E-state index contributed by atoms with van der Waals surface area (Å²) in [7, 11) is 0. The normalized spacial score (nSPS) is 16.0. The van der Waals surface area contributed by atoms with Crippen LogP contribution in [0.15, 0.2) is 72.4 Å². The number of benzene rings is 3. The molecule has 1 fully saturated rings. The predicted octanol–water partition coefficient (Wildman–Crippen LogP) is 5.86. The van der Waals surface area contributed by atoms with E-state index in [4.69, 9.17) is 0 Å². The molecule has 3 aromatic rings. The van der Waals surface area contributed by atoms with Gasteiger partial charge in [-0.1, -0.05) is 37.3 Å². The van der Waals surface area contributed by atoms with Crippen molar-refractivity contribution in [1.82, 2.24) is 0 Å². The fourth-order valence-electron chi connectivity index (χ4n) is 4.80. The van der Waals surface area contributed by atoms with E-state index in [0.29, 0.717) is 17.0 Å². The molecule has 1 saturated heterocycles. The van der Waals surface area contributed by atoms with Gasteiger partial charge in [-0.05, 0) is 91.8 Å². The first-order valence-electron chi connectivity index (χ1n) is 12.4. The minimum atomic E-state index is -0.337. The number of hydrogen-bond donors (Lipinski definition) is 1. The minimum Gasteiger partial charge on any atom is -0.372 e. The van der Waals surface area contributed by atoms with E-state index in [1.54, 1.807) is 0 Å². The topological polar surface area (TPSA) is 52.7 Å². The molecule has 3 aromatic carbocycles. The molecule has 35 heavy (non-hydrogen) atoms. The fourth-order valence-corrected chi connectivity index (χ4v) is 4.80. The Balaban J connectivity index is 1.52. The first kappa shape index (κ1) is 22.9. The zero-order valence-electron chi connectivity index (χ0n) is 20.6. The van der Waals surface area contributed by atoms with Gasteiger partial charge in [0.25, 0.3) is 11.8 Å². The number of carbonyl (C=O) groups is 2. The van der Waals surface area contributed by atoms with E-state index in [1.165, 1.54) is 23.4 Å². The van der Waals surface area contributed by atoms with Crippen molar-refractivity contribution in [3.8, 4) is 0 Å². The van der Waals surface area contributed by atoms with Gasteiger partial charge in [0.05, 0.1) is 11.3 Å². The van der Waals surface area contributed by atoms with E-state index in [-0.39, 0.29) is 11.8 Å². The van der Waals surface area contributed by atoms with Gasteiger partial charge in [-0.3, -0.25) is 9.59 Å². The number of amides is 2. The lowest BCUT2D eigenvalue weighted by molar-refractivity contribution is -0.120. The lowest BCUT2D eigenvalue weighted by Crippen LogP contribution is -2.32. The van der Waals surface area contributed by atoms with Crippen LogP contribution in [0.3, 0.4) is 0 Å². The van der Waals surface area contributed by atoms with Crippen molar-refractivity contribution < 1.29 is 9.59 Å². The number of rotatable bonds is 6. The first-order valence-corrected chi connectivity index (χ1v) is 12.4. The van der Waals surface area contributed by atoms with E-state index in [2.05, 4.69) is 29.3 Å². The molecule has 0 spiro atoms. The Morgan fingerprint density at radius 2 is 1.43 bits per heavy atom. The molecule has 0 saturated carbocycles. The molecule has 178 valence electrons. The quantitative estimate of drug-likeness (QED) is 0.463. The van der Waals surface area contributed by atoms with Crippen LogP contribution in [0.4, 0.5) is 17.1 Å². The zero-order chi connectivity index (χ0) is 24.5. The van der Waals surface area contributed by atoms with Crippen LogP contribution in [0.25, 0.3) is 5.57 Å². The Bertz CT molecular complexity index is 1300. The van der Waals surface area contributed by atoms with E-state index in [0.717, 1.165) is 47.5 Å². The van der Waals surface area contributed by atoms with Gasteiger partial charge in [0.1, 0.15) is 5.70 Å². The Kier molecular flexibility index (Phi) is 6.16. The number of hydrogen-bond acceptors (Lipinski definition) is 4. The van der Waals surface area contributed by atoms with Crippen molar-refractivity contribution in [2.24, 2.45) is 0 Å². The number of nitrogens with one attached hydrogen (secondary N) is 1. The molecule has 2 aliphatic rings. The average molecular weight is 466 g/mol. The molecule has 0 bridgehead atoms. The second-order valence-electron chi connectivity index (χ2n) is 9.38. The van der Waals surface area contributed by atoms with Crippen LogP contribution in [-0.2, 0) is 16.0 Å². The van der Waals surface area contributed by atoms with E-state index in [1.807, 2.05) is 68.4 Å². The number of nitrogens with zero attached hydrogens (tertiary/aromatic N) is 2. The van der Waals surface area contributed by atoms with Gasteiger partial charge >= 0.3 is 0 Å². The third kappa shape index (κ3) is 4.34. The van der Waals surface area contributed by atoms with Crippen LogP contribution in [0.5, 0.6) is 0 Å². The summed E-state index contributed by atoms with van der Waals surface area (Å²) >= 11 is 0. The molecule has 0 atom stereocenters. The number of carbonyl (C=O) groups excluding carboxylic acids is 2. The molecular formula is C30H31N3O2. The second kappa shape index (κ2) is 9.41. The fraction of sp³-hybridized carbons (Fsp3) is 0.267. The maximum absolute atomic E-state index is 13.7. The van der Waals surface area contributed by atoms with Gasteiger partial charge in [-0.25, -0.2) is 4.90 Å². The summed E-state index contributed by atoms with van der Waals surface area (Å²) in [4.78, 5) is 31.0. The Morgan fingerprint density at radius 3 is 2.06 bits per heavy atom. The summed E-state index contributed by atoms with van der Waals surface area (Å²) < 4.78 is 0. The summed E-state index contributed by atoms with van der Waals surface area (Å²) in [5, 5.41) is 3.29. The van der Waals surface area contributed by atoms with Crippen molar-refractivity contribution in [2.75, 3.05) is 28.2 Å². The summed E-state index contributed by atoms with van der Waals surface area (Å²) in [6.45, 7) is 8.29. The molecule has 1 N–H and O–H groups in total. The highest BCUT2D eigenvalue weighted by atomic mass is 16.2. The average Bonchev–Trinajstić information content (AvgIpc) is 3.49. The molecule has 0 aliphatic carbocycles. The summed E-state index contributed by atoms with van der Waals surface area (Å²) in [6.07, 6.45) is 3.34. The lowest BCUT2D eigenvalue weighted by Gasteiger charge is -2.18. The van der Waals surface area contributed by atoms with Crippen LogP contribution in [-0.4, -0.2) is 24.9 Å². The highest BCUT2D eigenvalue weighted by Crippen LogP contribution is 2.35. The Labute approximate surface area is 207 Å². The van der Waals surface area contributed by atoms with Crippen molar-refractivity contribution in [3.63, 3.8) is 0 Å². The van der Waals surface area contributed by atoms with E-state index >= 15 is 0 Å². The van der Waals surface area contributed by atoms with Crippen molar-refractivity contribution in [2.45, 2.75) is 40.0 Å². The Hall–Kier alpha value is -3.86. The molecular weight excluding hydrogens is 434 g/mol. The third-order valence-corrected chi connectivity index (χ3v) is 7.09. The minimum absolute atomic E-state index is 0.307. The number of imide groups is 1. The van der Waals surface area contributed by atoms with Crippen LogP contribution < -0.4 is 15.1 Å². The number of aryl methyl sites for hydroxylation is 3. The van der Waals surface area contributed by atoms with Crippen LogP contribution in [0, 0.1) is 13.8 Å². The highest BCUT2D eigenvalue weighted by Gasteiger charge is 2.40. The largest absolute Gasteiger partial charge is 0.372 e. The van der Waals surface area contributed by atoms with Gasteiger partial charge in [-0.15, -0.1) is 0 Å². The molecule has 5 nitrogen and oxygen atoms in total. The molecule has 0 radical (unpaired) electrons. The van der Waals surface area contributed by atoms with Crippen molar-refractivity contribution >= 4 is 34.4 Å². The molecule has 2 amide bonds. The third-order valence-electron chi connectivity index (χ3n) is 7.09. The molecule has 0 aromatic heterocycles. The monoisotopic (exact) mass is 465 g/mol. The van der Waals surface area contributed by atoms with Gasteiger partial charge in [-0.2, -0.15) is 0 Å². The smallest absolute Gasteiger partial charge is 0.282 e. The van der Waals surface area contributed by atoms with Crippen LogP contribution in [0.2, 0.25) is 0 Å². The first-order chi connectivity index (χ1) is 17.0. The van der Waals surface area contributed by atoms with E-state index < -0.39 is 0 Å². The molecule has 5 heteroatoms. The SMILES string of the molecule is CCc1ccc(N2C(=O)C(Nc3ccc(N4CCCC4)cc3)=C(c3ccc(C)c(C)c3)C2=O)cc1. The Morgan fingerprint density at radius 1 is 0.771 bits per heavy atom. The maximum Gasteiger partial charge on any atom is 0.282 e. The second-order valence-corrected chi connectivity index (χ2v) is 9.38. The molecule has 2 heterocycles. The molecule has 5 rings (SSSR count). The maximum atomic E-state index is 13.7. The van der Waals surface area contributed by atoms with Gasteiger partial charge in [0.15, 0.2) is 0 Å². The number of anilines is 3. The standard InChI is InChI=1S/C30H31N3O2/c1-4-22-8-13-26(14-9-22)33-29(34)27(23-10-7-20(2)21(3)19-23)28(30(33)35)31-24-11-15-25(16-12-24)32-17-5-6-18-32/h7-16,19,31H,4-6,17-18H2,1-3H3. The summed E-state index contributed by atoms with van der Waals surface area (Å²) in [5.41, 5.74) is 7.40. The van der Waals surface area contributed by atoms with Crippen LogP contribution >= 0.6 is 0 Å².